The zero-order valence-electron chi connectivity index (χ0n) is 25.9. The summed E-state index contributed by atoms with van der Waals surface area (Å²) >= 11 is 0. The first-order valence-electron chi connectivity index (χ1n) is 14.7. The van der Waals surface area contributed by atoms with E-state index in [1.165, 1.54) is 20.8 Å². The topological polar surface area (TPSA) is 124 Å². The van der Waals surface area contributed by atoms with Gasteiger partial charge in [-0.3, -0.25) is 19.2 Å². The minimum atomic E-state index is -1.20. The molecule has 0 bridgehead atoms. The van der Waals surface area contributed by atoms with Crippen LogP contribution in [0.5, 0.6) is 0 Å². The number of carbonyl (C=O) groups excluding carboxylic acids is 4. The quantitative estimate of drug-likeness (QED) is 0.216. The number of ether oxygens (including phenoxy) is 6. The van der Waals surface area contributed by atoms with Gasteiger partial charge in [0.05, 0.1) is 12.2 Å². The average molecular weight is 581 g/mol. The molecule has 0 aromatic carbocycles. The van der Waals surface area contributed by atoms with Crippen LogP contribution in [0.3, 0.4) is 0 Å². The molecule has 3 aliphatic rings. The lowest BCUT2D eigenvalue weighted by molar-refractivity contribution is -0.312. The summed E-state index contributed by atoms with van der Waals surface area (Å²) in [6, 6.07) is 0. The molecule has 0 aromatic rings. The lowest BCUT2D eigenvalue weighted by atomic mass is 9.70. The molecule has 0 aromatic heterocycles. The summed E-state index contributed by atoms with van der Waals surface area (Å²) in [5.74, 6) is -1.90. The summed E-state index contributed by atoms with van der Waals surface area (Å²) in [5, 5.41) is 0. The van der Waals surface area contributed by atoms with Gasteiger partial charge < -0.3 is 28.4 Å². The summed E-state index contributed by atoms with van der Waals surface area (Å²) in [4.78, 5) is 48.8. The molecule has 232 valence electrons. The van der Waals surface area contributed by atoms with Gasteiger partial charge in [0.25, 0.3) is 0 Å². The molecule has 1 heterocycles. The van der Waals surface area contributed by atoms with Crippen molar-refractivity contribution < 1.29 is 47.6 Å². The Balaban J connectivity index is 1.95. The number of esters is 4. The molecule has 0 unspecified atom stereocenters. The Morgan fingerprint density at radius 2 is 1.59 bits per heavy atom. The van der Waals surface area contributed by atoms with Crippen LogP contribution in [-0.2, 0) is 47.6 Å². The molecule has 10 nitrogen and oxygen atoms in total. The Morgan fingerprint density at radius 1 is 0.976 bits per heavy atom. The van der Waals surface area contributed by atoms with Crippen LogP contribution >= 0.6 is 0 Å². The molecule has 0 radical (unpaired) electrons. The van der Waals surface area contributed by atoms with Gasteiger partial charge in [-0.1, -0.05) is 39.3 Å². The average Bonchev–Trinajstić information content (AvgIpc) is 3.16. The molecule has 0 amide bonds. The molecule has 1 aliphatic heterocycles. The van der Waals surface area contributed by atoms with Crippen LogP contribution in [0, 0.1) is 23.2 Å². The van der Waals surface area contributed by atoms with E-state index in [0.29, 0.717) is 18.8 Å². The highest BCUT2D eigenvalue weighted by Gasteiger charge is 2.54. The molecule has 2 aliphatic carbocycles. The molecular formula is C31H48O10. The molecule has 8 atom stereocenters. The molecule has 3 rings (SSSR count). The second-order valence-corrected chi connectivity index (χ2v) is 13.1. The lowest BCUT2D eigenvalue weighted by Gasteiger charge is -2.46. The predicted octanol–water partition coefficient (Wildman–Crippen LogP) is 4.66. The van der Waals surface area contributed by atoms with Crippen LogP contribution in [0.25, 0.3) is 0 Å². The van der Waals surface area contributed by atoms with Gasteiger partial charge in [0, 0.05) is 39.5 Å². The fraction of sp³-hybridized carbons (Fsp3) is 0.806. The Morgan fingerprint density at radius 3 is 2.17 bits per heavy atom. The van der Waals surface area contributed by atoms with E-state index in [2.05, 4.69) is 13.5 Å². The number of fused-ring (bicyclic) bond motifs is 1. The standard InChI is InChI=1S/C31H48O10/c1-17(2)13-26(35)40-24-14-18(3)22-11-10-12-31(22,9)15-23(24)30(7,8)41-29-28(39-21(6)34)27(38-20(5)33)25(16-36-29)37-19(4)32/h17,22-25,27-29H,3,10-16H2,1-2,4-9H3/t22-,23-,24-,25+,27-,28+,29-,31-/m0/s1. The first kappa shape index (κ1) is 33.0. The second kappa shape index (κ2) is 13.2. The Kier molecular flexibility index (Phi) is 10.7. The Bertz CT molecular complexity index is 1000. The van der Waals surface area contributed by atoms with Crippen LogP contribution in [0.4, 0.5) is 0 Å². The highest BCUT2D eigenvalue weighted by Crippen LogP contribution is 2.56. The zero-order chi connectivity index (χ0) is 30.7. The molecule has 3 fully saturated rings. The van der Waals surface area contributed by atoms with Gasteiger partial charge in [-0.2, -0.15) is 0 Å². The normalized spacial score (nSPS) is 33.9. The summed E-state index contributed by atoms with van der Waals surface area (Å²) < 4.78 is 35.1. The third-order valence-electron chi connectivity index (χ3n) is 8.65. The molecule has 0 spiro atoms. The largest absolute Gasteiger partial charge is 0.462 e. The minimum absolute atomic E-state index is 0.0367. The number of hydrogen-bond acceptors (Lipinski definition) is 10. The van der Waals surface area contributed by atoms with Gasteiger partial charge in [0.1, 0.15) is 6.10 Å². The highest BCUT2D eigenvalue weighted by atomic mass is 16.7. The van der Waals surface area contributed by atoms with Gasteiger partial charge in [-0.05, 0) is 50.4 Å². The fourth-order valence-electron chi connectivity index (χ4n) is 6.92. The fourth-order valence-corrected chi connectivity index (χ4v) is 6.92. The summed E-state index contributed by atoms with van der Waals surface area (Å²) in [5.41, 5.74) is 0.114. The minimum Gasteiger partial charge on any atom is -0.462 e. The third-order valence-corrected chi connectivity index (χ3v) is 8.65. The Hall–Kier alpha value is -2.46. The summed E-state index contributed by atoms with van der Waals surface area (Å²) in [7, 11) is 0. The maximum absolute atomic E-state index is 12.9. The molecule has 41 heavy (non-hydrogen) atoms. The van der Waals surface area contributed by atoms with E-state index in [-0.39, 0.29) is 29.8 Å². The van der Waals surface area contributed by atoms with Gasteiger partial charge >= 0.3 is 23.9 Å². The zero-order valence-corrected chi connectivity index (χ0v) is 25.9. The Labute approximate surface area is 243 Å². The SMILES string of the molecule is C=C1C[C@H](OC(=O)CC(C)C)[C@@H](C(C)(C)O[C@@H]2OC[C@@H](OC(C)=O)[C@H](OC(C)=O)[C@H]2OC(C)=O)C[C@]2(C)CCC[C@@H]12. The molecule has 1 saturated heterocycles. The van der Waals surface area contributed by atoms with Crippen molar-refractivity contribution >= 4 is 23.9 Å². The van der Waals surface area contributed by atoms with Crippen molar-refractivity contribution in [3.8, 4) is 0 Å². The van der Waals surface area contributed by atoms with E-state index in [4.69, 9.17) is 28.4 Å². The third kappa shape index (κ3) is 8.31. The van der Waals surface area contributed by atoms with Crippen LogP contribution < -0.4 is 0 Å². The lowest BCUT2D eigenvalue weighted by Crippen LogP contribution is -2.60. The molecule has 2 saturated carbocycles. The maximum atomic E-state index is 12.9. The van der Waals surface area contributed by atoms with E-state index in [0.717, 1.165) is 31.3 Å². The smallest absolute Gasteiger partial charge is 0.306 e. The van der Waals surface area contributed by atoms with Crippen molar-refractivity contribution in [2.75, 3.05) is 6.61 Å². The van der Waals surface area contributed by atoms with Crippen molar-refractivity contribution in [2.24, 2.45) is 23.2 Å². The summed E-state index contributed by atoms with van der Waals surface area (Å²) in [6.07, 6.45) is -0.187. The van der Waals surface area contributed by atoms with Crippen molar-refractivity contribution in [3.05, 3.63) is 12.2 Å². The van der Waals surface area contributed by atoms with E-state index >= 15 is 0 Å². The highest BCUT2D eigenvalue weighted by molar-refractivity contribution is 5.70. The predicted molar refractivity (Wildman–Crippen MR) is 148 cm³/mol. The van der Waals surface area contributed by atoms with E-state index in [9.17, 15) is 19.2 Å². The van der Waals surface area contributed by atoms with E-state index in [1.807, 2.05) is 27.7 Å². The molecule has 0 N–H and O–H groups in total. The van der Waals surface area contributed by atoms with Crippen LogP contribution in [-0.4, -0.2) is 66.8 Å². The van der Waals surface area contributed by atoms with Crippen molar-refractivity contribution in [2.45, 2.75) is 130 Å². The monoisotopic (exact) mass is 580 g/mol. The second-order valence-electron chi connectivity index (χ2n) is 13.1. The van der Waals surface area contributed by atoms with Gasteiger partial charge in [-0.25, -0.2) is 0 Å². The van der Waals surface area contributed by atoms with Crippen molar-refractivity contribution in [1.29, 1.82) is 0 Å². The number of rotatable bonds is 9. The first-order chi connectivity index (χ1) is 19.0. The first-order valence-corrected chi connectivity index (χ1v) is 14.7. The van der Waals surface area contributed by atoms with Gasteiger partial charge in [-0.15, -0.1) is 0 Å². The van der Waals surface area contributed by atoms with E-state index in [1.54, 1.807) is 0 Å². The van der Waals surface area contributed by atoms with E-state index < -0.39 is 54.2 Å². The maximum Gasteiger partial charge on any atom is 0.306 e. The van der Waals surface area contributed by atoms with Gasteiger partial charge in [0.15, 0.2) is 24.6 Å². The van der Waals surface area contributed by atoms with Gasteiger partial charge in [0.2, 0.25) is 0 Å². The number of carbonyl (C=O) groups is 4. The summed E-state index contributed by atoms with van der Waals surface area (Å²) in [6.45, 7) is 18.0. The van der Waals surface area contributed by atoms with Crippen LogP contribution in [0.1, 0.15) is 93.9 Å². The molecular weight excluding hydrogens is 532 g/mol. The van der Waals surface area contributed by atoms with Crippen molar-refractivity contribution in [3.63, 3.8) is 0 Å². The van der Waals surface area contributed by atoms with Crippen LogP contribution in [0.2, 0.25) is 0 Å². The number of hydrogen-bond donors (Lipinski definition) is 0. The van der Waals surface area contributed by atoms with Crippen molar-refractivity contribution in [1.82, 2.24) is 0 Å². The van der Waals surface area contributed by atoms with Crippen LogP contribution in [0.15, 0.2) is 12.2 Å². The molecule has 10 heteroatoms.